The van der Waals surface area contributed by atoms with Crippen molar-refractivity contribution in [2.24, 2.45) is 5.92 Å². The zero-order valence-corrected chi connectivity index (χ0v) is 23.4. The summed E-state index contributed by atoms with van der Waals surface area (Å²) in [7, 11) is 0. The summed E-state index contributed by atoms with van der Waals surface area (Å²) in [5.41, 5.74) is 3.63. The van der Waals surface area contributed by atoms with Crippen molar-refractivity contribution in [1.82, 2.24) is 9.88 Å². The number of rotatable bonds is 10. The number of carbonyl (C=O) groups excluding carboxylic acids is 1. The molecule has 2 aromatic carbocycles. The number of piperidine rings is 1. The van der Waals surface area contributed by atoms with Gasteiger partial charge in [0.05, 0.1) is 18.6 Å². The topological polar surface area (TPSA) is 87.2 Å². The van der Waals surface area contributed by atoms with Gasteiger partial charge in [-0.2, -0.15) is 0 Å². The number of pyridine rings is 1. The SMILES string of the molecule is CCOC(=O)c1cc2cc(OCc3oc4cccc(OCC5CCCN(Cc6cccnc6)C5)c4c3C)ccc2o1. The molecule has 0 N–H and O–H groups in total. The molecule has 0 bridgehead atoms. The number of aromatic nitrogens is 1. The molecule has 0 aliphatic carbocycles. The predicted molar refractivity (Wildman–Crippen MR) is 155 cm³/mol. The number of ether oxygens (including phenoxy) is 3. The molecule has 8 nitrogen and oxygen atoms in total. The van der Waals surface area contributed by atoms with E-state index in [4.69, 9.17) is 23.0 Å². The molecule has 0 spiro atoms. The molecule has 1 saturated heterocycles. The summed E-state index contributed by atoms with van der Waals surface area (Å²) in [6.07, 6.45) is 6.09. The molecule has 8 heteroatoms. The lowest BCUT2D eigenvalue weighted by molar-refractivity contribution is 0.0492. The van der Waals surface area contributed by atoms with Crippen molar-refractivity contribution in [3.05, 3.63) is 89.6 Å². The molecule has 0 amide bonds. The summed E-state index contributed by atoms with van der Waals surface area (Å²) in [6.45, 7) is 8.05. The van der Waals surface area contributed by atoms with E-state index in [-0.39, 0.29) is 12.4 Å². The summed E-state index contributed by atoms with van der Waals surface area (Å²) in [5.74, 6) is 2.40. The van der Waals surface area contributed by atoms with Gasteiger partial charge in [-0.25, -0.2) is 4.79 Å². The van der Waals surface area contributed by atoms with Crippen molar-refractivity contribution in [3.8, 4) is 11.5 Å². The third-order valence-electron chi connectivity index (χ3n) is 7.56. The number of likely N-dealkylation sites (tertiary alicyclic amines) is 1. The predicted octanol–water partition coefficient (Wildman–Crippen LogP) is 6.93. The highest BCUT2D eigenvalue weighted by Crippen LogP contribution is 2.35. The maximum Gasteiger partial charge on any atom is 0.374 e. The molecular formula is C33H34N2O6. The largest absolute Gasteiger partial charge is 0.492 e. The number of carbonyl (C=O) groups is 1. The van der Waals surface area contributed by atoms with Gasteiger partial charge in [-0.1, -0.05) is 12.1 Å². The fourth-order valence-electron chi connectivity index (χ4n) is 5.52. The van der Waals surface area contributed by atoms with Crippen LogP contribution in [0.25, 0.3) is 21.9 Å². The number of hydrogen-bond donors (Lipinski definition) is 0. The summed E-state index contributed by atoms with van der Waals surface area (Å²) in [5, 5.41) is 1.75. The minimum absolute atomic E-state index is 0.175. The second-order valence-electron chi connectivity index (χ2n) is 10.5. The zero-order chi connectivity index (χ0) is 28.2. The first-order valence-electron chi connectivity index (χ1n) is 14.2. The first-order chi connectivity index (χ1) is 20.1. The monoisotopic (exact) mass is 554 g/mol. The molecule has 6 rings (SSSR count). The molecule has 1 unspecified atom stereocenters. The lowest BCUT2D eigenvalue weighted by Crippen LogP contribution is -2.37. The highest BCUT2D eigenvalue weighted by atomic mass is 16.5. The molecule has 1 fully saturated rings. The van der Waals surface area contributed by atoms with Crippen molar-refractivity contribution in [2.45, 2.75) is 39.8 Å². The smallest absolute Gasteiger partial charge is 0.374 e. The summed E-state index contributed by atoms with van der Waals surface area (Å²) in [6, 6.07) is 17.2. The van der Waals surface area contributed by atoms with E-state index in [1.807, 2.05) is 55.7 Å². The molecule has 1 aliphatic heterocycles. The van der Waals surface area contributed by atoms with Gasteiger partial charge in [0, 0.05) is 42.4 Å². The minimum atomic E-state index is -0.479. The molecule has 41 heavy (non-hydrogen) atoms. The highest BCUT2D eigenvalue weighted by Gasteiger charge is 2.22. The van der Waals surface area contributed by atoms with Crippen LogP contribution in [0.15, 0.2) is 75.8 Å². The third kappa shape index (κ3) is 6.07. The zero-order valence-electron chi connectivity index (χ0n) is 23.4. The first kappa shape index (κ1) is 26.9. The average molecular weight is 555 g/mol. The normalized spacial score (nSPS) is 15.8. The van der Waals surface area contributed by atoms with E-state index in [2.05, 4.69) is 16.0 Å². The lowest BCUT2D eigenvalue weighted by Gasteiger charge is -2.32. The average Bonchev–Trinajstić information content (AvgIpc) is 3.57. The Morgan fingerprint density at radius 2 is 2.00 bits per heavy atom. The van der Waals surface area contributed by atoms with Gasteiger partial charge in [-0.3, -0.25) is 9.88 Å². The van der Waals surface area contributed by atoms with Crippen molar-refractivity contribution >= 4 is 27.9 Å². The fraction of sp³-hybridized carbons (Fsp3) is 0.333. The molecule has 0 radical (unpaired) electrons. The first-order valence-corrected chi connectivity index (χ1v) is 14.2. The van der Waals surface area contributed by atoms with E-state index >= 15 is 0 Å². The van der Waals surface area contributed by atoms with E-state index in [0.29, 0.717) is 30.5 Å². The van der Waals surface area contributed by atoms with Crippen LogP contribution in [0.3, 0.4) is 0 Å². The molecule has 1 aliphatic rings. The Hall–Kier alpha value is -4.30. The highest BCUT2D eigenvalue weighted by molar-refractivity contribution is 5.93. The number of benzene rings is 2. The fourth-order valence-corrected chi connectivity index (χ4v) is 5.52. The van der Waals surface area contributed by atoms with Gasteiger partial charge in [0.25, 0.3) is 0 Å². The molecule has 212 valence electrons. The molecular weight excluding hydrogens is 520 g/mol. The number of esters is 1. The molecule has 1 atom stereocenters. The maximum absolute atomic E-state index is 12.0. The van der Waals surface area contributed by atoms with Gasteiger partial charge in [-0.15, -0.1) is 0 Å². The number of nitrogens with zero attached hydrogens (tertiary/aromatic N) is 2. The van der Waals surface area contributed by atoms with Crippen molar-refractivity contribution in [3.63, 3.8) is 0 Å². The van der Waals surface area contributed by atoms with E-state index < -0.39 is 5.97 Å². The van der Waals surface area contributed by atoms with Crippen LogP contribution in [0.2, 0.25) is 0 Å². The molecule has 0 saturated carbocycles. The summed E-state index contributed by atoms with van der Waals surface area (Å²) < 4.78 is 29.3. The number of hydrogen-bond acceptors (Lipinski definition) is 8. The van der Waals surface area contributed by atoms with Crippen LogP contribution >= 0.6 is 0 Å². The van der Waals surface area contributed by atoms with Crippen LogP contribution in [-0.2, 0) is 17.9 Å². The number of aryl methyl sites for hydroxylation is 1. The number of furan rings is 2. The van der Waals surface area contributed by atoms with Crippen molar-refractivity contribution in [1.29, 1.82) is 0 Å². The quantitative estimate of drug-likeness (QED) is 0.172. The maximum atomic E-state index is 12.0. The lowest BCUT2D eigenvalue weighted by atomic mass is 9.98. The van der Waals surface area contributed by atoms with Gasteiger partial charge in [-0.05, 0) is 81.3 Å². The third-order valence-corrected chi connectivity index (χ3v) is 7.56. The van der Waals surface area contributed by atoms with Gasteiger partial charge in [0.1, 0.15) is 35.0 Å². The van der Waals surface area contributed by atoms with Crippen LogP contribution in [0.5, 0.6) is 11.5 Å². The minimum Gasteiger partial charge on any atom is -0.492 e. The summed E-state index contributed by atoms with van der Waals surface area (Å²) >= 11 is 0. The Morgan fingerprint density at radius 1 is 1.07 bits per heavy atom. The van der Waals surface area contributed by atoms with Gasteiger partial charge < -0.3 is 23.0 Å². The van der Waals surface area contributed by atoms with E-state index in [9.17, 15) is 4.79 Å². The van der Waals surface area contributed by atoms with E-state index in [1.165, 1.54) is 12.0 Å². The Balaban J connectivity index is 1.11. The van der Waals surface area contributed by atoms with Gasteiger partial charge in [0.15, 0.2) is 0 Å². The molecule has 4 heterocycles. The molecule has 5 aromatic rings. The van der Waals surface area contributed by atoms with Crippen molar-refractivity contribution < 1.29 is 27.8 Å². The standard InChI is InChI=1S/C33H34N2O6/c1-3-37-33(36)30-16-25-15-26(11-12-27(25)40-30)38-21-31-22(2)32-28(9-4-10-29(32)41-31)39-20-24-8-6-14-35(19-24)18-23-7-5-13-34-17-23/h4-5,7,9-13,15-17,24H,3,6,8,14,18-21H2,1-2H3. The van der Waals surface area contributed by atoms with Gasteiger partial charge in [0.2, 0.25) is 5.76 Å². The van der Waals surface area contributed by atoms with Crippen LogP contribution in [-0.4, -0.2) is 42.2 Å². The van der Waals surface area contributed by atoms with E-state index in [1.54, 1.807) is 19.1 Å². The summed E-state index contributed by atoms with van der Waals surface area (Å²) in [4.78, 5) is 18.7. The Kier molecular flexibility index (Phi) is 7.91. The van der Waals surface area contributed by atoms with E-state index in [0.717, 1.165) is 59.5 Å². The van der Waals surface area contributed by atoms with Gasteiger partial charge >= 0.3 is 5.97 Å². The Morgan fingerprint density at radius 3 is 2.85 bits per heavy atom. The molecule has 3 aromatic heterocycles. The number of fused-ring (bicyclic) bond motifs is 2. The van der Waals surface area contributed by atoms with Crippen molar-refractivity contribution in [2.75, 3.05) is 26.3 Å². The van der Waals surface area contributed by atoms with Crippen LogP contribution in [0.1, 0.15) is 47.2 Å². The second-order valence-corrected chi connectivity index (χ2v) is 10.5. The second kappa shape index (κ2) is 12.1. The Bertz CT molecular complexity index is 1640. The van der Waals surface area contributed by atoms with Crippen LogP contribution in [0.4, 0.5) is 0 Å². The van der Waals surface area contributed by atoms with Crippen LogP contribution in [0, 0.1) is 12.8 Å². The Labute approximate surface area is 238 Å². The van der Waals surface area contributed by atoms with Crippen LogP contribution < -0.4 is 9.47 Å².